The molecule has 1 amide bonds. The van der Waals surface area contributed by atoms with Gasteiger partial charge in [-0.1, -0.05) is 41.7 Å². The summed E-state index contributed by atoms with van der Waals surface area (Å²) in [6.07, 6.45) is -1.02. The second-order valence-electron chi connectivity index (χ2n) is 7.42. The van der Waals surface area contributed by atoms with E-state index in [1.165, 1.54) is 29.6 Å². The molecule has 9 heteroatoms. The number of aromatic nitrogens is 2. The summed E-state index contributed by atoms with van der Waals surface area (Å²) >= 11 is 2.82. The fourth-order valence-electron chi connectivity index (χ4n) is 3.40. The van der Waals surface area contributed by atoms with Gasteiger partial charge in [-0.2, -0.15) is 0 Å². The number of hydrogen-bond acceptors (Lipinski definition) is 8. The number of nitrogens with zero attached hydrogens (tertiary/aromatic N) is 2. The van der Waals surface area contributed by atoms with E-state index in [9.17, 15) is 9.59 Å². The molecule has 1 unspecified atom stereocenters. The molecule has 0 saturated carbocycles. The van der Waals surface area contributed by atoms with Gasteiger partial charge in [0.2, 0.25) is 0 Å². The van der Waals surface area contributed by atoms with Crippen LogP contribution >= 0.6 is 22.7 Å². The molecule has 0 bridgehead atoms. The number of rotatable bonds is 6. The molecule has 2 aromatic heterocycles. The zero-order valence-corrected chi connectivity index (χ0v) is 19.9. The van der Waals surface area contributed by atoms with E-state index in [1.54, 1.807) is 25.3 Å². The number of nitrogens with one attached hydrogen (secondary N) is 1. The van der Waals surface area contributed by atoms with Gasteiger partial charge in [0.05, 0.1) is 33.1 Å². The molecule has 0 radical (unpaired) electrons. The Morgan fingerprint density at radius 2 is 1.68 bits per heavy atom. The third kappa shape index (κ3) is 4.35. The Morgan fingerprint density at radius 1 is 0.912 bits per heavy atom. The lowest BCUT2D eigenvalue weighted by Gasteiger charge is -2.13. The number of fused-ring (bicyclic) bond motifs is 2. The number of carbonyl (C=O) groups excluding carboxylic acids is 2. The van der Waals surface area contributed by atoms with Crippen LogP contribution in [0, 0.1) is 0 Å². The van der Waals surface area contributed by atoms with E-state index in [0.29, 0.717) is 22.0 Å². The summed E-state index contributed by atoms with van der Waals surface area (Å²) in [6.45, 7) is 1.53. The largest absolute Gasteiger partial charge is 0.497 e. The van der Waals surface area contributed by atoms with Crippen molar-refractivity contribution in [2.24, 2.45) is 0 Å². The van der Waals surface area contributed by atoms with Gasteiger partial charge in [0.15, 0.2) is 11.2 Å². The minimum atomic E-state index is -1.02. The number of para-hydroxylation sites is 1. The van der Waals surface area contributed by atoms with E-state index >= 15 is 0 Å². The first-order valence-corrected chi connectivity index (χ1v) is 12.1. The highest BCUT2D eigenvalue weighted by atomic mass is 32.1. The van der Waals surface area contributed by atoms with Gasteiger partial charge >= 0.3 is 5.97 Å². The summed E-state index contributed by atoms with van der Waals surface area (Å²) in [5.41, 5.74) is 2.64. The minimum Gasteiger partial charge on any atom is -0.497 e. The van der Waals surface area contributed by atoms with Crippen molar-refractivity contribution in [1.29, 1.82) is 0 Å². The lowest BCUT2D eigenvalue weighted by atomic mass is 10.1. The molecule has 0 aliphatic heterocycles. The molecule has 7 nitrogen and oxygen atoms in total. The maximum atomic E-state index is 13.0. The molecule has 5 rings (SSSR count). The molecule has 0 spiro atoms. The third-order valence-electron chi connectivity index (χ3n) is 5.15. The Hall–Kier alpha value is -3.82. The summed E-state index contributed by atoms with van der Waals surface area (Å²) in [5.74, 6) is -0.341. The highest BCUT2D eigenvalue weighted by Crippen LogP contribution is 2.33. The van der Waals surface area contributed by atoms with E-state index in [-0.39, 0.29) is 0 Å². The Bertz CT molecular complexity index is 1490. The molecule has 0 aliphatic rings. The summed E-state index contributed by atoms with van der Waals surface area (Å²) in [6, 6.07) is 20.4. The van der Waals surface area contributed by atoms with Crippen LogP contribution in [0.3, 0.4) is 0 Å². The minimum absolute atomic E-state index is 0.355. The lowest BCUT2D eigenvalue weighted by molar-refractivity contribution is -0.123. The molecule has 170 valence electrons. The number of amides is 1. The quantitative estimate of drug-likeness (QED) is 0.305. The van der Waals surface area contributed by atoms with Crippen LogP contribution in [0.15, 0.2) is 66.7 Å². The smallest absolute Gasteiger partial charge is 0.339 e. The van der Waals surface area contributed by atoms with Crippen LogP contribution in [0.1, 0.15) is 17.3 Å². The fraction of sp³-hybridized carbons (Fsp3) is 0.120. The lowest BCUT2D eigenvalue weighted by Crippen LogP contribution is -2.30. The van der Waals surface area contributed by atoms with E-state index in [2.05, 4.69) is 15.3 Å². The first-order chi connectivity index (χ1) is 16.5. The number of carbonyl (C=O) groups is 2. The maximum absolute atomic E-state index is 13.0. The van der Waals surface area contributed by atoms with Crippen molar-refractivity contribution in [2.45, 2.75) is 13.0 Å². The monoisotopic (exact) mass is 489 g/mol. The molecule has 34 heavy (non-hydrogen) atoms. The summed E-state index contributed by atoms with van der Waals surface area (Å²) < 4.78 is 12.6. The molecule has 0 aliphatic carbocycles. The molecule has 0 fully saturated rings. The fourth-order valence-corrected chi connectivity index (χ4v) is 5.31. The molecular formula is C25H19N3O4S2. The van der Waals surface area contributed by atoms with Crippen molar-refractivity contribution in [3.05, 3.63) is 72.3 Å². The number of methoxy groups -OCH3 is 1. The summed E-state index contributed by atoms with van der Waals surface area (Å²) in [5, 5.41) is 3.87. The van der Waals surface area contributed by atoms with E-state index in [0.717, 1.165) is 25.4 Å². The SMILES string of the molecule is COc1ccc2nc(NC(=O)C(C)OC(=O)c3ccccc3-c3nc4ccccc4s3)sc2c1. The van der Waals surface area contributed by atoms with Crippen molar-refractivity contribution in [3.8, 4) is 16.3 Å². The highest BCUT2D eigenvalue weighted by molar-refractivity contribution is 7.22. The molecule has 0 saturated heterocycles. The predicted octanol–water partition coefficient (Wildman–Crippen LogP) is 5.77. The molecule has 1 N–H and O–H groups in total. The highest BCUT2D eigenvalue weighted by Gasteiger charge is 2.23. The van der Waals surface area contributed by atoms with Crippen molar-refractivity contribution in [3.63, 3.8) is 0 Å². The Morgan fingerprint density at radius 3 is 2.50 bits per heavy atom. The zero-order chi connectivity index (χ0) is 23.7. The van der Waals surface area contributed by atoms with Gasteiger partial charge in [-0.15, -0.1) is 11.3 Å². The van der Waals surface area contributed by atoms with E-state index in [4.69, 9.17) is 9.47 Å². The Kier molecular flexibility index (Phi) is 5.95. The molecular weight excluding hydrogens is 470 g/mol. The summed E-state index contributed by atoms with van der Waals surface area (Å²) in [4.78, 5) is 34.7. The second-order valence-corrected chi connectivity index (χ2v) is 9.48. The maximum Gasteiger partial charge on any atom is 0.339 e. The van der Waals surface area contributed by atoms with Crippen LogP contribution in [0.4, 0.5) is 5.13 Å². The number of thiazole rings is 2. The zero-order valence-electron chi connectivity index (χ0n) is 18.3. The average molecular weight is 490 g/mol. The van der Waals surface area contributed by atoms with Crippen molar-refractivity contribution >= 4 is 60.1 Å². The third-order valence-corrected chi connectivity index (χ3v) is 7.15. The van der Waals surface area contributed by atoms with Crippen molar-refractivity contribution in [1.82, 2.24) is 9.97 Å². The van der Waals surface area contributed by atoms with Gasteiger partial charge in [-0.3, -0.25) is 10.1 Å². The average Bonchev–Trinajstić information content (AvgIpc) is 3.46. The first kappa shape index (κ1) is 22.0. The molecule has 5 aromatic rings. The van der Waals surface area contributed by atoms with Crippen LogP contribution in [-0.4, -0.2) is 35.1 Å². The van der Waals surface area contributed by atoms with Gasteiger partial charge in [-0.05, 0) is 43.3 Å². The topological polar surface area (TPSA) is 90.4 Å². The van der Waals surface area contributed by atoms with Crippen molar-refractivity contribution in [2.75, 3.05) is 12.4 Å². The first-order valence-electron chi connectivity index (χ1n) is 10.4. The Balaban J connectivity index is 1.32. The van der Waals surface area contributed by atoms with E-state index in [1.807, 2.05) is 48.5 Å². The number of benzene rings is 3. The predicted molar refractivity (Wildman–Crippen MR) is 135 cm³/mol. The van der Waals surface area contributed by atoms with Crippen LogP contribution < -0.4 is 10.1 Å². The van der Waals surface area contributed by atoms with Gasteiger partial charge in [-0.25, -0.2) is 14.8 Å². The molecule has 1 atom stereocenters. The van der Waals surface area contributed by atoms with Crippen molar-refractivity contribution < 1.29 is 19.1 Å². The molecule has 2 heterocycles. The normalized spacial score (nSPS) is 11.9. The van der Waals surface area contributed by atoms with Gasteiger partial charge in [0.1, 0.15) is 10.8 Å². The number of hydrogen-bond donors (Lipinski definition) is 1. The molecule has 3 aromatic carbocycles. The number of ether oxygens (including phenoxy) is 2. The van der Waals surface area contributed by atoms with Gasteiger partial charge in [0, 0.05) is 5.56 Å². The Labute approximate surface area is 203 Å². The van der Waals surface area contributed by atoms with Crippen LogP contribution in [0.25, 0.3) is 31.0 Å². The second kappa shape index (κ2) is 9.20. The summed E-state index contributed by atoms with van der Waals surface area (Å²) in [7, 11) is 1.59. The number of anilines is 1. The van der Waals surface area contributed by atoms with Crippen LogP contribution in [0.2, 0.25) is 0 Å². The van der Waals surface area contributed by atoms with Crippen LogP contribution in [0.5, 0.6) is 5.75 Å². The standard InChI is InChI=1S/C25H19N3O4S2/c1-14(22(29)28-25-27-19-12-11-15(31-2)13-21(19)34-25)32-24(30)17-8-4-3-7-16(17)23-26-18-9-5-6-10-20(18)33-23/h3-14H,1-2H3,(H,27,28,29). The van der Waals surface area contributed by atoms with Crippen LogP contribution in [-0.2, 0) is 9.53 Å². The van der Waals surface area contributed by atoms with Gasteiger partial charge < -0.3 is 9.47 Å². The van der Waals surface area contributed by atoms with E-state index < -0.39 is 18.0 Å². The number of esters is 1. The van der Waals surface area contributed by atoms with Gasteiger partial charge in [0.25, 0.3) is 5.91 Å².